The van der Waals surface area contributed by atoms with E-state index in [0.717, 1.165) is 5.56 Å². The minimum Gasteiger partial charge on any atom is -0.336 e. The fraction of sp³-hybridized carbons (Fsp3) is 0.188. The van der Waals surface area contributed by atoms with E-state index < -0.39 is 0 Å². The number of hydrogen-bond acceptors (Lipinski definition) is 3. The molecule has 0 atom stereocenters. The molecule has 0 aliphatic carbocycles. The smallest absolute Gasteiger partial charge is 0.275 e. The molecule has 0 N–H and O–H groups in total. The largest absolute Gasteiger partial charge is 0.336 e. The first-order chi connectivity index (χ1) is 10.6. The molecule has 0 aliphatic rings. The van der Waals surface area contributed by atoms with Crippen LogP contribution in [0.15, 0.2) is 47.1 Å². The maximum atomic E-state index is 12.5. The molecule has 2 aromatic carbocycles. The predicted molar refractivity (Wildman–Crippen MR) is 88.4 cm³/mol. The van der Waals surface area contributed by atoms with Gasteiger partial charge in [0.15, 0.2) is 10.3 Å². The number of nitrogens with zero attached hydrogens (tertiary/aromatic N) is 4. The summed E-state index contributed by atoms with van der Waals surface area (Å²) < 4.78 is 1.94. The van der Waals surface area contributed by atoms with Gasteiger partial charge in [0.2, 0.25) is 0 Å². The highest BCUT2D eigenvalue weighted by Crippen LogP contribution is 2.18. The van der Waals surface area contributed by atoms with Crippen molar-refractivity contribution in [3.8, 4) is 0 Å². The Morgan fingerprint density at radius 3 is 2.64 bits per heavy atom. The number of fused-ring (bicyclic) bond motifs is 1. The van der Waals surface area contributed by atoms with Crippen LogP contribution in [0.5, 0.6) is 0 Å². The molecule has 0 saturated carbocycles. The summed E-state index contributed by atoms with van der Waals surface area (Å²) in [4.78, 5) is 14.2. The third-order valence-corrected chi connectivity index (χ3v) is 4.10. The van der Waals surface area contributed by atoms with Crippen molar-refractivity contribution < 1.29 is 4.79 Å². The van der Waals surface area contributed by atoms with E-state index in [9.17, 15) is 4.79 Å². The van der Waals surface area contributed by atoms with Gasteiger partial charge in [0, 0.05) is 20.6 Å². The molecule has 6 heteroatoms. The number of rotatable bonds is 3. The minimum atomic E-state index is -0.118. The number of hydrogen-bond donors (Lipinski definition) is 0. The second kappa shape index (κ2) is 5.88. The maximum absolute atomic E-state index is 12.5. The molecule has 0 saturated heterocycles. The Bertz CT molecular complexity index is 824. The van der Waals surface area contributed by atoms with Crippen molar-refractivity contribution in [2.45, 2.75) is 6.54 Å². The summed E-state index contributed by atoms with van der Waals surface area (Å²) in [6.07, 6.45) is 0. The molecule has 1 aromatic heterocycles. The van der Waals surface area contributed by atoms with E-state index in [-0.39, 0.29) is 5.91 Å². The fourth-order valence-electron chi connectivity index (χ4n) is 2.42. The number of benzene rings is 2. The van der Waals surface area contributed by atoms with Gasteiger partial charge < -0.3 is 4.90 Å². The highest BCUT2D eigenvalue weighted by atomic mass is 79.9. The average molecular weight is 359 g/mol. The number of aryl methyl sites for hydroxylation is 1. The van der Waals surface area contributed by atoms with Gasteiger partial charge in [0.1, 0.15) is 0 Å². The van der Waals surface area contributed by atoms with Crippen LogP contribution in [0, 0.1) is 0 Å². The van der Waals surface area contributed by atoms with Crippen molar-refractivity contribution in [3.05, 3.63) is 58.3 Å². The van der Waals surface area contributed by atoms with Crippen LogP contribution < -0.4 is 0 Å². The van der Waals surface area contributed by atoms with E-state index in [1.54, 1.807) is 19.0 Å². The summed E-state index contributed by atoms with van der Waals surface area (Å²) >= 11 is 3.26. The Hall–Kier alpha value is -2.21. The zero-order valence-corrected chi connectivity index (χ0v) is 13.9. The Balaban J connectivity index is 1.83. The van der Waals surface area contributed by atoms with E-state index in [2.05, 4.69) is 50.5 Å². The van der Waals surface area contributed by atoms with Crippen molar-refractivity contribution in [2.24, 2.45) is 7.05 Å². The SMILES string of the molecule is CN(Cc1ccc2ccccc2c1)C(=O)c1c(Br)nnn1C. The van der Waals surface area contributed by atoms with Crippen molar-refractivity contribution in [2.75, 3.05) is 7.05 Å². The molecule has 1 amide bonds. The van der Waals surface area contributed by atoms with E-state index >= 15 is 0 Å². The highest BCUT2D eigenvalue weighted by Gasteiger charge is 2.20. The number of amides is 1. The second-order valence-corrected chi connectivity index (χ2v) is 5.95. The first-order valence-corrected chi connectivity index (χ1v) is 7.64. The van der Waals surface area contributed by atoms with Crippen LogP contribution in [-0.4, -0.2) is 32.8 Å². The van der Waals surface area contributed by atoms with Gasteiger partial charge in [-0.2, -0.15) is 0 Å². The summed E-state index contributed by atoms with van der Waals surface area (Å²) in [7, 11) is 3.48. The topological polar surface area (TPSA) is 51.0 Å². The lowest BCUT2D eigenvalue weighted by molar-refractivity contribution is 0.0773. The summed E-state index contributed by atoms with van der Waals surface area (Å²) in [6, 6.07) is 14.4. The van der Waals surface area contributed by atoms with Crippen molar-refractivity contribution in [1.29, 1.82) is 0 Å². The Kier molecular flexibility index (Phi) is 3.94. The second-order valence-electron chi connectivity index (χ2n) is 5.20. The van der Waals surface area contributed by atoms with Crippen LogP contribution in [0.2, 0.25) is 0 Å². The van der Waals surface area contributed by atoms with Crippen molar-refractivity contribution in [1.82, 2.24) is 19.9 Å². The lowest BCUT2D eigenvalue weighted by Gasteiger charge is -2.17. The number of carbonyl (C=O) groups excluding carboxylic acids is 1. The first-order valence-electron chi connectivity index (χ1n) is 6.84. The van der Waals surface area contributed by atoms with Crippen LogP contribution in [-0.2, 0) is 13.6 Å². The zero-order chi connectivity index (χ0) is 15.7. The minimum absolute atomic E-state index is 0.118. The monoisotopic (exact) mass is 358 g/mol. The molecule has 112 valence electrons. The van der Waals surface area contributed by atoms with E-state index in [1.165, 1.54) is 15.5 Å². The van der Waals surface area contributed by atoms with Gasteiger partial charge in [-0.15, -0.1) is 5.10 Å². The quantitative estimate of drug-likeness (QED) is 0.723. The van der Waals surface area contributed by atoms with Crippen molar-refractivity contribution in [3.63, 3.8) is 0 Å². The summed E-state index contributed by atoms with van der Waals surface area (Å²) in [5.74, 6) is -0.118. The summed E-state index contributed by atoms with van der Waals surface area (Å²) in [5.41, 5.74) is 1.53. The van der Waals surface area contributed by atoms with Gasteiger partial charge in [-0.3, -0.25) is 4.79 Å². The van der Waals surface area contributed by atoms with Gasteiger partial charge in [-0.1, -0.05) is 41.6 Å². The van der Waals surface area contributed by atoms with E-state index in [1.807, 2.05) is 18.2 Å². The van der Waals surface area contributed by atoms with E-state index in [0.29, 0.717) is 16.8 Å². The number of halogens is 1. The molecule has 0 spiro atoms. The molecule has 0 aliphatic heterocycles. The van der Waals surface area contributed by atoms with Crippen LogP contribution in [0.4, 0.5) is 0 Å². The molecule has 0 unspecified atom stereocenters. The molecule has 22 heavy (non-hydrogen) atoms. The van der Waals surface area contributed by atoms with Crippen LogP contribution in [0.25, 0.3) is 10.8 Å². The third-order valence-electron chi connectivity index (χ3n) is 3.57. The lowest BCUT2D eigenvalue weighted by Crippen LogP contribution is -2.28. The molecule has 0 bridgehead atoms. The highest BCUT2D eigenvalue weighted by molar-refractivity contribution is 9.10. The Labute approximate surface area is 136 Å². The average Bonchev–Trinajstić information content (AvgIpc) is 2.85. The molecule has 3 rings (SSSR count). The molecular weight excluding hydrogens is 344 g/mol. The molecule has 0 radical (unpaired) electrons. The zero-order valence-electron chi connectivity index (χ0n) is 12.3. The van der Waals surface area contributed by atoms with E-state index in [4.69, 9.17) is 0 Å². The summed E-state index contributed by atoms with van der Waals surface area (Å²) in [6.45, 7) is 0.529. The standard InChI is InChI=1S/C16H15BrN4O/c1-20(16(22)14-15(17)18-19-21(14)2)10-11-7-8-12-5-3-4-6-13(12)9-11/h3-9H,10H2,1-2H3. The molecule has 5 nitrogen and oxygen atoms in total. The molecular formula is C16H15BrN4O. The summed E-state index contributed by atoms with van der Waals surface area (Å²) in [5, 5.41) is 10.1. The molecule has 0 fully saturated rings. The van der Waals surface area contributed by atoms with Crippen molar-refractivity contribution >= 4 is 32.6 Å². The Morgan fingerprint density at radius 2 is 1.95 bits per heavy atom. The molecule has 1 heterocycles. The molecule has 3 aromatic rings. The predicted octanol–water partition coefficient (Wildman–Crippen LogP) is 3.00. The van der Waals surface area contributed by atoms with Crippen LogP contribution in [0.1, 0.15) is 16.1 Å². The third kappa shape index (κ3) is 2.74. The van der Waals surface area contributed by atoms with Crippen LogP contribution in [0.3, 0.4) is 0 Å². The van der Waals surface area contributed by atoms with Gasteiger partial charge in [0.25, 0.3) is 5.91 Å². The number of aromatic nitrogens is 3. The van der Waals surface area contributed by atoms with Gasteiger partial charge in [-0.05, 0) is 38.3 Å². The maximum Gasteiger partial charge on any atom is 0.275 e. The Morgan fingerprint density at radius 1 is 1.23 bits per heavy atom. The van der Waals surface area contributed by atoms with Gasteiger partial charge >= 0.3 is 0 Å². The number of carbonyl (C=O) groups is 1. The van der Waals surface area contributed by atoms with Crippen LogP contribution >= 0.6 is 15.9 Å². The first kappa shape index (κ1) is 14.7. The normalized spacial score (nSPS) is 10.9. The lowest BCUT2D eigenvalue weighted by atomic mass is 10.1. The van der Waals surface area contributed by atoms with Gasteiger partial charge in [0.05, 0.1) is 0 Å². The van der Waals surface area contributed by atoms with Gasteiger partial charge in [-0.25, -0.2) is 4.68 Å². The fourth-order valence-corrected chi connectivity index (χ4v) is 2.92.